The molecule has 0 heterocycles. The fraction of sp³-hybridized carbons (Fsp3) is 0.273. The van der Waals surface area contributed by atoms with Crippen molar-refractivity contribution >= 4 is 5.91 Å². The average Bonchev–Trinajstić information content (AvgIpc) is 2.18. The summed E-state index contributed by atoms with van der Waals surface area (Å²) in [4.78, 5) is 13.3. The summed E-state index contributed by atoms with van der Waals surface area (Å²) in [6, 6.07) is 7.19. The molecule has 0 saturated heterocycles. The van der Waals surface area contributed by atoms with Gasteiger partial charge in [0.05, 0.1) is 0 Å². The van der Waals surface area contributed by atoms with Crippen molar-refractivity contribution in [3.05, 3.63) is 35.4 Å². The van der Waals surface area contributed by atoms with E-state index in [9.17, 15) is 4.79 Å². The highest BCUT2D eigenvalue weighted by molar-refractivity contribution is 5.95. The lowest BCUT2D eigenvalue weighted by atomic mass is 10.1. The van der Waals surface area contributed by atoms with Crippen LogP contribution in [0.1, 0.15) is 15.9 Å². The molecule has 1 amide bonds. The quantitative estimate of drug-likeness (QED) is 0.588. The number of carbonyl (C=O) groups is 1. The maximum atomic E-state index is 11.2. The fourth-order valence-corrected chi connectivity index (χ4v) is 1.25. The van der Waals surface area contributed by atoms with Crippen LogP contribution in [-0.4, -0.2) is 24.9 Å². The van der Waals surface area contributed by atoms with Gasteiger partial charge in [-0.25, -0.2) is 0 Å². The van der Waals surface area contributed by atoms with Gasteiger partial charge in [-0.05, 0) is 31.8 Å². The first-order valence-corrected chi connectivity index (χ1v) is 4.56. The summed E-state index contributed by atoms with van der Waals surface area (Å²) < 4.78 is 0. The minimum atomic E-state index is -0.367. The third kappa shape index (κ3) is 3.41. The Bertz CT molecular complexity index is 376. The lowest BCUT2D eigenvalue weighted by Crippen LogP contribution is -2.17. The summed E-state index contributed by atoms with van der Waals surface area (Å²) >= 11 is 0. The van der Waals surface area contributed by atoms with E-state index >= 15 is 0 Å². The predicted octanol–water partition coefficient (Wildman–Crippen LogP) is 0.959. The van der Waals surface area contributed by atoms with Crippen LogP contribution in [0.25, 0.3) is 0 Å². The highest BCUT2D eigenvalue weighted by Gasteiger charge is 2.03. The third-order valence-electron chi connectivity index (χ3n) is 1.88. The van der Waals surface area contributed by atoms with E-state index in [1.807, 2.05) is 31.1 Å². The molecule has 1 aromatic carbocycles. The average molecular weight is 203 g/mol. The second-order valence-corrected chi connectivity index (χ2v) is 3.50. The highest BCUT2D eigenvalue weighted by Crippen LogP contribution is 2.05. The van der Waals surface area contributed by atoms with Crippen LogP contribution in [0.3, 0.4) is 0 Å². The first-order valence-electron chi connectivity index (χ1n) is 4.56. The number of carbonyl (C=O) groups excluding carboxylic acids is 1. The van der Waals surface area contributed by atoms with Crippen LogP contribution in [0.15, 0.2) is 24.3 Å². The minimum Gasteiger partial charge on any atom is -0.305 e. The maximum Gasteiger partial charge on any atom is 0.264 e. The smallest absolute Gasteiger partial charge is 0.264 e. The van der Waals surface area contributed by atoms with Crippen LogP contribution in [0.2, 0.25) is 0 Å². The van der Waals surface area contributed by atoms with E-state index in [0.717, 1.165) is 12.1 Å². The molecule has 0 aliphatic carbocycles. The molecule has 15 heavy (non-hydrogen) atoms. The van der Waals surface area contributed by atoms with Gasteiger partial charge in [0.15, 0.2) is 6.19 Å². The van der Waals surface area contributed by atoms with Crippen LogP contribution in [0, 0.1) is 11.5 Å². The molecule has 0 atom stereocenters. The number of nitrogens with zero attached hydrogens (tertiary/aromatic N) is 2. The molecule has 0 spiro atoms. The van der Waals surface area contributed by atoms with Crippen LogP contribution in [-0.2, 0) is 6.54 Å². The molecule has 4 nitrogen and oxygen atoms in total. The molecule has 0 bridgehead atoms. The van der Waals surface area contributed by atoms with Crippen LogP contribution >= 0.6 is 0 Å². The van der Waals surface area contributed by atoms with E-state index in [-0.39, 0.29) is 5.91 Å². The van der Waals surface area contributed by atoms with Crippen molar-refractivity contribution in [2.45, 2.75) is 6.54 Å². The Morgan fingerprint density at radius 2 is 2.00 bits per heavy atom. The zero-order valence-corrected chi connectivity index (χ0v) is 8.82. The Hall–Kier alpha value is -1.86. The molecular weight excluding hydrogens is 190 g/mol. The zero-order valence-electron chi connectivity index (χ0n) is 8.82. The molecule has 0 aromatic heterocycles. The second-order valence-electron chi connectivity index (χ2n) is 3.50. The monoisotopic (exact) mass is 203 g/mol. The Kier molecular flexibility index (Phi) is 3.83. The molecule has 1 rings (SSSR count). The van der Waals surface area contributed by atoms with E-state index in [4.69, 9.17) is 5.26 Å². The van der Waals surface area contributed by atoms with Gasteiger partial charge in [0, 0.05) is 12.1 Å². The molecule has 0 radical (unpaired) electrons. The van der Waals surface area contributed by atoms with E-state index in [1.54, 1.807) is 18.3 Å². The topological polar surface area (TPSA) is 56.1 Å². The molecular formula is C11H13N3O. The van der Waals surface area contributed by atoms with Crippen molar-refractivity contribution in [2.75, 3.05) is 14.1 Å². The molecule has 0 unspecified atom stereocenters. The maximum absolute atomic E-state index is 11.2. The molecule has 1 N–H and O–H groups in total. The number of amides is 1. The molecule has 0 aliphatic rings. The number of hydrogen-bond acceptors (Lipinski definition) is 3. The lowest BCUT2D eigenvalue weighted by Gasteiger charge is -2.09. The first-order chi connectivity index (χ1) is 7.13. The van der Waals surface area contributed by atoms with Crippen molar-refractivity contribution in [1.29, 1.82) is 5.26 Å². The number of rotatable bonds is 3. The number of benzene rings is 1. The largest absolute Gasteiger partial charge is 0.305 e. The first kappa shape index (κ1) is 11.2. The van der Waals surface area contributed by atoms with Crippen molar-refractivity contribution < 1.29 is 4.79 Å². The van der Waals surface area contributed by atoms with Gasteiger partial charge in [0.1, 0.15) is 0 Å². The van der Waals surface area contributed by atoms with Gasteiger partial charge in [-0.3, -0.25) is 10.1 Å². The Balaban J connectivity index is 2.73. The summed E-state index contributed by atoms with van der Waals surface area (Å²) in [7, 11) is 3.96. The minimum absolute atomic E-state index is 0.367. The summed E-state index contributed by atoms with van der Waals surface area (Å²) in [5, 5.41) is 10.4. The summed E-state index contributed by atoms with van der Waals surface area (Å²) in [6.45, 7) is 0.833. The molecule has 0 aliphatic heterocycles. The van der Waals surface area contributed by atoms with E-state index in [2.05, 4.69) is 5.32 Å². The van der Waals surface area contributed by atoms with Gasteiger partial charge >= 0.3 is 0 Å². The Morgan fingerprint density at radius 3 is 2.47 bits per heavy atom. The predicted molar refractivity (Wildman–Crippen MR) is 56.9 cm³/mol. The van der Waals surface area contributed by atoms with Crippen LogP contribution in [0.5, 0.6) is 0 Å². The molecule has 4 heteroatoms. The zero-order chi connectivity index (χ0) is 11.3. The number of nitriles is 1. The number of nitrogens with one attached hydrogen (secondary N) is 1. The van der Waals surface area contributed by atoms with E-state index < -0.39 is 0 Å². The molecule has 78 valence electrons. The van der Waals surface area contributed by atoms with Crippen LogP contribution < -0.4 is 5.32 Å². The fourth-order valence-electron chi connectivity index (χ4n) is 1.25. The van der Waals surface area contributed by atoms with Gasteiger partial charge < -0.3 is 4.90 Å². The molecule has 1 aromatic rings. The standard InChI is InChI=1S/C11H13N3O/c1-14(2)7-9-3-5-10(6-4-9)11(15)13-8-12/h3-6H,7H2,1-2H3,(H,13,15). The van der Waals surface area contributed by atoms with E-state index in [1.165, 1.54) is 0 Å². The van der Waals surface area contributed by atoms with Gasteiger partial charge in [0.25, 0.3) is 5.91 Å². The van der Waals surface area contributed by atoms with Gasteiger partial charge in [-0.1, -0.05) is 12.1 Å². The van der Waals surface area contributed by atoms with Crippen molar-refractivity contribution in [1.82, 2.24) is 10.2 Å². The van der Waals surface area contributed by atoms with Crippen molar-refractivity contribution in [3.8, 4) is 6.19 Å². The van der Waals surface area contributed by atoms with Crippen molar-refractivity contribution in [2.24, 2.45) is 0 Å². The molecule has 0 fully saturated rings. The second kappa shape index (κ2) is 5.13. The summed E-state index contributed by atoms with van der Waals surface area (Å²) in [5.74, 6) is -0.367. The normalized spacial score (nSPS) is 9.73. The van der Waals surface area contributed by atoms with Gasteiger partial charge in [-0.2, -0.15) is 5.26 Å². The molecule has 0 saturated carbocycles. The van der Waals surface area contributed by atoms with Gasteiger partial charge in [0.2, 0.25) is 0 Å². The van der Waals surface area contributed by atoms with Crippen LogP contribution in [0.4, 0.5) is 0 Å². The Morgan fingerprint density at radius 1 is 1.40 bits per heavy atom. The van der Waals surface area contributed by atoms with Crippen molar-refractivity contribution in [3.63, 3.8) is 0 Å². The van der Waals surface area contributed by atoms with E-state index in [0.29, 0.717) is 5.56 Å². The van der Waals surface area contributed by atoms with Gasteiger partial charge in [-0.15, -0.1) is 0 Å². The summed E-state index contributed by atoms with van der Waals surface area (Å²) in [6.07, 6.45) is 1.61. The lowest BCUT2D eigenvalue weighted by molar-refractivity contribution is 0.0973. The summed E-state index contributed by atoms with van der Waals surface area (Å²) in [5.41, 5.74) is 1.63. The third-order valence-corrected chi connectivity index (χ3v) is 1.88. The number of hydrogen-bond donors (Lipinski definition) is 1. The Labute approximate surface area is 89.1 Å². The SMILES string of the molecule is CN(C)Cc1ccc(C(=O)NC#N)cc1. The highest BCUT2D eigenvalue weighted by atomic mass is 16.1.